The minimum atomic E-state index is -0.672. The largest absolute Gasteiger partial charge is 0.458 e. The molecule has 2 aliphatic rings. The van der Waals surface area contributed by atoms with Crippen LogP contribution in [0.1, 0.15) is 11.1 Å². The first-order valence-electron chi connectivity index (χ1n) is 8.40. The van der Waals surface area contributed by atoms with Crippen LogP contribution in [-0.2, 0) is 5.72 Å². The summed E-state index contributed by atoms with van der Waals surface area (Å²) in [7, 11) is 2.09. The van der Waals surface area contributed by atoms with E-state index in [1.165, 1.54) is 11.1 Å². The Labute approximate surface area is 169 Å². The average molecular weight is 469 g/mol. The van der Waals surface area contributed by atoms with E-state index in [1.807, 2.05) is 6.07 Å². The van der Waals surface area contributed by atoms with E-state index in [0.29, 0.717) is 0 Å². The van der Waals surface area contributed by atoms with Gasteiger partial charge in [-0.05, 0) is 51.8 Å². The summed E-state index contributed by atoms with van der Waals surface area (Å²) in [5.41, 5.74) is 5.14. The van der Waals surface area contributed by atoms with Crippen LogP contribution in [0.5, 0.6) is 5.75 Å². The molecule has 0 saturated heterocycles. The molecule has 0 saturated carbocycles. The van der Waals surface area contributed by atoms with Crippen molar-refractivity contribution >= 4 is 43.6 Å². The Hall–Kier alpha value is -2.04. The zero-order chi connectivity index (χ0) is 17.9. The van der Waals surface area contributed by atoms with Gasteiger partial charge in [-0.15, -0.1) is 0 Å². The minimum Gasteiger partial charge on any atom is -0.458 e. The molecule has 0 N–H and O–H groups in total. The van der Waals surface area contributed by atoms with Crippen LogP contribution in [0.15, 0.2) is 75.7 Å². The predicted octanol–water partition coefficient (Wildman–Crippen LogP) is 6.59. The summed E-state index contributed by atoms with van der Waals surface area (Å²) >= 11 is 7.22. The summed E-state index contributed by atoms with van der Waals surface area (Å²) in [5.74, 6) is 0.858. The number of likely N-dealkylation sites (N-methyl/N-ethyl adjacent to an activating group) is 1. The number of hydrogen-bond acceptors (Lipinski definition) is 2. The maximum absolute atomic E-state index is 6.71. The van der Waals surface area contributed by atoms with Gasteiger partial charge in [0.2, 0.25) is 5.72 Å². The maximum atomic E-state index is 6.71. The van der Waals surface area contributed by atoms with Gasteiger partial charge in [-0.3, -0.25) is 0 Å². The van der Waals surface area contributed by atoms with Gasteiger partial charge in [-0.2, -0.15) is 0 Å². The van der Waals surface area contributed by atoms with Crippen molar-refractivity contribution in [3.8, 4) is 16.9 Å². The number of nitrogens with zero attached hydrogens (tertiary/aromatic N) is 1. The fourth-order valence-corrected chi connectivity index (χ4v) is 5.25. The Bertz CT molecular complexity index is 1080. The van der Waals surface area contributed by atoms with E-state index in [-0.39, 0.29) is 0 Å². The summed E-state index contributed by atoms with van der Waals surface area (Å²) in [6.07, 6.45) is 4.30. The van der Waals surface area contributed by atoms with E-state index in [1.54, 1.807) is 0 Å². The molecule has 4 heteroatoms. The quantitative estimate of drug-likeness (QED) is 0.369. The monoisotopic (exact) mass is 467 g/mol. The molecule has 2 nitrogen and oxygen atoms in total. The topological polar surface area (TPSA) is 12.5 Å². The number of para-hydroxylation sites is 1. The number of fused-ring (bicyclic) bond motifs is 5. The van der Waals surface area contributed by atoms with E-state index in [4.69, 9.17) is 4.74 Å². The Balaban J connectivity index is 1.78. The molecule has 26 heavy (non-hydrogen) atoms. The number of hydrogen-bond donors (Lipinski definition) is 0. The fourth-order valence-electron chi connectivity index (χ4n) is 3.91. The van der Waals surface area contributed by atoms with Gasteiger partial charge in [0.05, 0.1) is 4.47 Å². The van der Waals surface area contributed by atoms with Gasteiger partial charge in [0, 0.05) is 33.9 Å². The third-order valence-electron chi connectivity index (χ3n) is 5.15. The van der Waals surface area contributed by atoms with Gasteiger partial charge in [0.25, 0.3) is 0 Å². The smallest absolute Gasteiger partial charge is 0.229 e. The van der Waals surface area contributed by atoms with E-state index < -0.39 is 5.72 Å². The van der Waals surface area contributed by atoms with Crippen LogP contribution < -0.4 is 9.64 Å². The highest BCUT2D eigenvalue weighted by atomic mass is 79.9. The van der Waals surface area contributed by atoms with E-state index in [9.17, 15) is 0 Å². The third-order valence-corrected chi connectivity index (χ3v) is 6.20. The SMILES string of the molecule is CN1c2ccccc2-c2ccccc2[C@]12C=Cc1cc(Br)cc(Br)c1O2. The van der Waals surface area contributed by atoms with Gasteiger partial charge >= 0.3 is 0 Å². The predicted molar refractivity (Wildman–Crippen MR) is 113 cm³/mol. The number of anilines is 1. The lowest BCUT2D eigenvalue weighted by Gasteiger charge is -2.47. The van der Waals surface area contributed by atoms with Crippen LogP contribution in [0.25, 0.3) is 17.2 Å². The van der Waals surface area contributed by atoms with E-state index >= 15 is 0 Å². The van der Waals surface area contributed by atoms with Crippen molar-refractivity contribution in [1.82, 2.24) is 0 Å². The Morgan fingerprint density at radius 2 is 1.65 bits per heavy atom. The van der Waals surface area contributed by atoms with Crippen LogP contribution in [0.4, 0.5) is 5.69 Å². The van der Waals surface area contributed by atoms with E-state index in [0.717, 1.165) is 31.5 Å². The molecule has 1 spiro atoms. The molecule has 5 rings (SSSR count). The molecule has 0 amide bonds. The Morgan fingerprint density at radius 1 is 0.923 bits per heavy atom. The Kier molecular flexibility index (Phi) is 3.56. The molecule has 0 aromatic heterocycles. The first kappa shape index (κ1) is 16.2. The number of halogens is 2. The summed E-state index contributed by atoms with van der Waals surface area (Å²) in [4.78, 5) is 2.22. The molecule has 0 fully saturated rings. The first-order chi connectivity index (χ1) is 12.6. The lowest BCUT2D eigenvalue weighted by molar-refractivity contribution is 0.115. The van der Waals surface area contributed by atoms with Gasteiger partial charge in [0.1, 0.15) is 5.75 Å². The molecule has 0 aliphatic carbocycles. The molecule has 128 valence electrons. The van der Waals surface area contributed by atoms with Crippen molar-refractivity contribution in [3.63, 3.8) is 0 Å². The molecule has 3 aromatic carbocycles. The summed E-state index contributed by atoms with van der Waals surface area (Å²) < 4.78 is 8.68. The molecule has 0 radical (unpaired) electrons. The average Bonchev–Trinajstić information content (AvgIpc) is 2.67. The van der Waals surface area contributed by atoms with Crippen molar-refractivity contribution in [3.05, 3.63) is 86.8 Å². The molecule has 2 aliphatic heterocycles. The second-order valence-corrected chi connectivity index (χ2v) is 8.33. The van der Waals surface area contributed by atoms with Crippen LogP contribution >= 0.6 is 31.9 Å². The van der Waals surface area contributed by atoms with Crippen molar-refractivity contribution in [1.29, 1.82) is 0 Å². The Morgan fingerprint density at radius 3 is 2.50 bits per heavy atom. The van der Waals surface area contributed by atoms with Crippen LogP contribution in [0.2, 0.25) is 0 Å². The second-order valence-electron chi connectivity index (χ2n) is 6.56. The lowest BCUT2D eigenvalue weighted by atomic mass is 9.84. The highest BCUT2D eigenvalue weighted by Gasteiger charge is 2.45. The van der Waals surface area contributed by atoms with Gasteiger partial charge in [-0.1, -0.05) is 58.4 Å². The third kappa shape index (κ3) is 2.15. The maximum Gasteiger partial charge on any atom is 0.229 e. The minimum absolute atomic E-state index is 0.672. The van der Waals surface area contributed by atoms with E-state index in [2.05, 4.69) is 111 Å². The zero-order valence-corrected chi connectivity index (χ0v) is 17.2. The van der Waals surface area contributed by atoms with Gasteiger partial charge in [0.15, 0.2) is 0 Å². The summed E-state index contributed by atoms with van der Waals surface area (Å²) in [5, 5.41) is 0. The highest BCUT2D eigenvalue weighted by Crippen LogP contribution is 2.51. The van der Waals surface area contributed by atoms with Crippen molar-refractivity contribution in [2.75, 3.05) is 11.9 Å². The molecular weight excluding hydrogens is 454 g/mol. The summed E-state index contributed by atoms with van der Waals surface area (Å²) in [6.45, 7) is 0. The molecule has 2 heterocycles. The van der Waals surface area contributed by atoms with Gasteiger partial charge in [-0.25, -0.2) is 0 Å². The van der Waals surface area contributed by atoms with Crippen molar-refractivity contribution < 1.29 is 4.74 Å². The van der Waals surface area contributed by atoms with Crippen LogP contribution in [-0.4, -0.2) is 7.05 Å². The molecule has 0 bridgehead atoms. The molecule has 1 atom stereocenters. The fraction of sp³-hybridized carbons (Fsp3) is 0.0909. The number of benzene rings is 3. The van der Waals surface area contributed by atoms with Crippen molar-refractivity contribution in [2.24, 2.45) is 0 Å². The van der Waals surface area contributed by atoms with Crippen molar-refractivity contribution in [2.45, 2.75) is 5.72 Å². The van der Waals surface area contributed by atoms with Crippen LogP contribution in [0, 0.1) is 0 Å². The molecule has 3 aromatic rings. The standard InChI is InChI=1S/C22H15Br2NO/c1-25-20-9-5-3-7-17(20)16-6-2-4-8-18(16)22(25)11-10-14-12-15(23)13-19(24)21(14)26-22/h2-13H,1H3/t22-/m1/s1. The van der Waals surface area contributed by atoms with Gasteiger partial charge < -0.3 is 9.64 Å². The second kappa shape index (κ2) is 5.73. The molecular formula is C22H15Br2NO. The molecule has 0 unspecified atom stereocenters. The highest BCUT2D eigenvalue weighted by molar-refractivity contribution is 9.11. The lowest BCUT2D eigenvalue weighted by Crippen LogP contribution is -2.50. The number of ether oxygens (including phenoxy) is 1. The zero-order valence-electron chi connectivity index (χ0n) is 14.0. The summed E-state index contributed by atoms with van der Waals surface area (Å²) in [6, 6.07) is 21.1. The van der Waals surface area contributed by atoms with Crippen LogP contribution in [0.3, 0.4) is 0 Å². The first-order valence-corrected chi connectivity index (χ1v) is 9.99. The normalized spacial score (nSPS) is 19.6. The number of rotatable bonds is 0.